The molecule has 0 aliphatic carbocycles. The Balaban J connectivity index is 2.34. The zero-order valence-corrected chi connectivity index (χ0v) is 7.75. The predicted octanol–water partition coefficient (Wildman–Crippen LogP) is 1.26. The molecule has 70 valence electrons. The van der Waals surface area contributed by atoms with Gasteiger partial charge in [-0.25, -0.2) is 0 Å². The van der Waals surface area contributed by atoms with E-state index in [1.807, 2.05) is 0 Å². The molecule has 0 saturated carbocycles. The summed E-state index contributed by atoms with van der Waals surface area (Å²) >= 11 is 0. The van der Waals surface area contributed by atoms with Crippen LogP contribution in [0.4, 0.5) is 0 Å². The second kappa shape index (κ2) is 3.90. The van der Waals surface area contributed by atoms with Crippen LogP contribution in [0, 0.1) is 0 Å². The van der Waals surface area contributed by atoms with Gasteiger partial charge >= 0.3 is 0 Å². The predicted molar refractivity (Wildman–Crippen MR) is 52.6 cm³/mol. The molecule has 0 bridgehead atoms. The molecule has 2 rings (SSSR count). The van der Waals surface area contributed by atoms with E-state index in [1.54, 1.807) is 0 Å². The summed E-state index contributed by atoms with van der Waals surface area (Å²) in [5.74, 6) is 0. The van der Waals surface area contributed by atoms with E-state index in [0.29, 0.717) is 0 Å². The molecule has 0 amide bonds. The maximum absolute atomic E-state index is 5.55. The highest BCUT2D eigenvalue weighted by Crippen LogP contribution is 2.20. The van der Waals surface area contributed by atoms with Crippen molar-refractivity contribution in [3.05, 3.63) is 34.9 Å². The van der Waals surface area contributed by atoms with Gasteiger partial charge in [0.25, 0.3) is 0 Å². The molecule has 2 heteroatoms. The second-order valence-corrected chi connectivity index (χ2v) is 3.40. The van der Waals surface area contributed by atoms with Crippen molar-refractivity contribution in [1.29, 1.82) is 0 Å². The number of ether oxygens (including phenoxy) is 1. The molecule has 1 aliphatic heterocycles. The largest absolute Gasteiger partial charge is 0.376 e. The van der Waals surface area contributed by atoms with Crippen LogP contribution in [0.1, 0.15) is 16.7 Å². The first-order chi connectivity index (χ1) is 6.42. The van der Waals surface area contributed by atoms with Crippen LogP contribution in [-0.2, 0) is 24.2 Å². The minimum atomic E-state index is 0.719. The van der Waals surface area contributed by atoms with Gasteiger partial charge in [0, 0.05) is 0 Å². The molecule has 2 nitrogen and oxygen atoms in total. The van der Waals surface area contributed by atoms with Crippen LogP contribution in [0.25, 0.3) is 0 Å². The van der Waals surface area contributed by atoms with E-state index in [-0.39, 0.29) is 0 Å². The standard InChI is InChI=1S/C11H15NO/c12-6-4-9-2-1-3-10-5-7-13-8-11(9)10/h1-3H,4-8,12H2. The molecule has 0 atom stereocenters. The van der Waals surface area contributed by atoms with E-state index in [9.17, 15) is 0 Å². The van der Waals surface area contributed by atoms with Crippen molar-refractivity contribution in [2.24, 2.45) is 5.73 Å². The molecule has 1 aromatic carbocycles. The van der Waals surface area contributed by atoms with Crippen LogP contribution in [-0.4, -0.2) is 13.2 Å². The van der Waals surface area contributed by atoms with Crippen LogP contribution < -0.4 is 5.73 Å². The summed E-state index contributed by atoms with van der Waals surface area (Å²) in [5, 5.41) is 0. The maximum Gasteiger partial charge on any atom is 0.0722 e. The molecule has 0 fully saturated rings. The van der Waals surface area contributed by atoms with Gasteiger partial charge in [-0.3, -0.25) is 0 Å². The Morgan fingerprint density at radius 2 is 2.31 bits per heavy atom. The number of hydrogen-bond donors (Lipinski definition) is 1. The van der Waals surface area contributed by atoms with E-state index in [2.05, 4.69) is 18.2 Å². The Labute approximate surface area is 78.7 Å². The van der Waals surface area contributed by atoms with Crippen molar-refractivity contribution in [3.8, 4) is 0 Å². The normalized spacial score (nSPS) is 15.5. The fraction of sp³-hybridized carbons (Fsp3) is 0.455. The zero-order chi connectivity index (χ0) is 9.10. The Morgan fingerprint density at radius 3 is 3.15 bits per heavy atom. The Bertz CT molecular complexity index is 296. The molecule has 0 aromatic heterocycles. The SMILES string of the molecule is NCCc1cccc2c1COCC2. The highest BCUT2D eigenvalue weighted by molar-refractivity contribution is 5.36. The molecule has 0 saturated heterocycles. The van der Waals surface area contributed by atoms with Gasteiger partial charge in [-0.1, -0.05) is 18.2 Å². The lowest BCUT2D eigenvalue weighted by atomic mass is 9.96. The third-order valence-corrected chi connectivity index (χ3v) is 2.55. The van der Waals surface area contributed by atoms with Crippen molar-refractivity contribution in [1.82, 2.24) is 0 Å². The van der Waals surface area contributed by atoms with E-state index in [1.165, 1.54) is 16.7 Å². The smallest absolute Gasteiger partial charge is 0.0722 e. The summed E-state index contributed by atoms with van der Waals surface area (Å²) in [5.41, 5.74) is 9.73. The highest BCUT2D eigenvalue weighted by atomic mass is 16.5. The second-order valence-electron chi connectivity index (χ2n) is 3.40. The summed E-state index contributed by atoms with van der Waals surface area (Å²) in [6.07, 6.45) is 2.01. The summed E-state index contributed by atoms with van der Waals surface area (Å²) < 4.78 is 5.44. The topological polar surface area (TPSA) is 35.2 Å². The van der Waals surface area contributed by atoms with E-state index >= 15 is 0 Å². The number of nitrogens with two attached hydrogens (primary N) is 1. The van der Waals surface area contributed by atoms with E-state index < -0.39 is 0 Å². The van der Waals surface area contributed by atoms with Crippen LogP contribution >= 0.6 is 0 Å². The summed E-state index contributed by atoms with van der Waals surface area (Å²) in [7, 11) is 0. The summed E-state index contributed by atoms with van der Waals surface area (Å²) in [6.45, 7) is 2.35. The maximum atomic E-state index is 5.55. The fourth-order valence-corrected chi connectivity index (χ4v) is 1.85. The highest BCUT2D eigenvalue weighted by Gasteiger charge is 2.11. The first kappa shape index (κ1) is 8.73. The molecule has 0 unspecified atom stereocenters. The number of fused-ring (bicyclic) bond motifs is 1. The third kappa shape index (κ3) is 1.74. The van der Waals surface area contributed by atoms with E-state index in [4.69, 9.17) is 10.5 Å². The van der Waals surface area contributed by atoms with Gasteiger partial charge < -0.3 is 10.5 Å². The molecule has 0 radical (unpaired) electrons. The quantitative estimate of drug-likeness (QED) is 0.738. The van der Waals surface area contributed by atoms with Gasteiger partial charge in [0.1, 0.15) is 0 Å². The van der Waals surface area contributed by atoms with Crippen LogP contribution in [0.3, 0.4) is 0 Å². The molecular weight excluding hydrogens is 162 g/mol. The lowest BCUT2D eigenvalue weighted by Gasteiger charge is -2.19. The van der Waals surface area contributed by atoms with Crippen LogP contribution in [0.15, 0.2) is 18.2 Å². The van der Waals surface area contributed by atoms with Gasteiger partial charge in [-0.05, 0) is 36.1 Å². The monoisotopic (exact) mass is 177 g/mol. The molecule has 2 N–H and O–H groups in total. The average molecular weight is 177 g/mol. The Morgan fingerprint density at radius 1 is 1.38 bits per heavy atom. The van der Waals surface area contributed by atoms with Crippen molar-refractivity contribution in [2.45, 2.75) is 19.4 Å². The molecule has 1 aliphatic rings. The molecule has 0 spiro atoms. The summed E-state index contributed by atoms with van der Waals surface area (Å²) in [4.78, 5) is 0. The first-order valence-corrected chi connectivity index (χ1v) is 4.79. The average Bonchev–Trinajstić information content (AvgIpc) is 2.19. The van der Waals surface area contributed by atoms with Crippen LogP contribution in [0.2, 0.25) is 0 Å². The third-order valence-electron chi connectivity index (χ3n) is 2.55. The number of rotatable bonds is 2. The molecule has 1 heterocycles. The van der Waals surface area contributed by atoms with Crippen LogP contribution in [0.5, 0.6) is 0 Å². The number of benzene rings is 1. The summed E-state index contributed by atoms with van der Waals surface area (Å²) in [6, 6.07) is 6.47. The van der Waals surface area contributed by atoms with Crippen molar-refractivity contribution >= 4 is 0 Å². The Kier molecular flexibility index (Phi) is 2.62. The lowest BCUT2D eigenvalue weighted by molar-refractivity contribution is 0.110. The van der Waals surface area contributed by atoms with E-state index in [0.717, 1.165) is 32.6 Å². The van der Waals surface area contributed by atoms with Crippen molar-refractivity contribution < 1.29 is 4.74 Å². The minimum Gasteiger partial charge on any atom is -0.376 e. The fourth-order valence-electron chi connectivity index (χ4n) is 1.85. The van der Waals surface area contributed by atoms with Gasteiger partial charge in [0.15, 0.2) is 0 Å². The number of hydrogen-bond acceptors (Lipinski definition) is 2. The molecule has 13 heavy (non-hydrogen) atoms. The molecular formula is C11H15NO. The molecule has 1 aromatic rings. The van der Waals surface area contributed by atoms with Crippen molar-refractivity contribution in [3.63, 3.8) is 0 Å². The van der Waals surface area contributed by atoms with Gasteiger partial charge in [0.05, 0.1) is 13.2 Å². The van der Waals surface area contributed by atoms with Crippen molar-refractivity contribution in [2.75, 3.05) is 13.2 Å². The lowest BCUT2D eigenvalue weighted by Crippen LogP contribution is -2.14. The Hall–Kier alpha value is -0.860. The first-order valence-electron chi connectivity index (χ1n) is 4.79. The minimum absolute atomic E-state index is 0.719. The van der Waals surface area contributed by atoms with Gasteiger partial charge in [-0.2, -0.15) is 0 Å². The zero-order valence-electron chi connectivity index (χ0n) is 7.75. The van der Waals surface area contributed by atoms with Gasteiger partial charge in [0.2, 0.25) is 0 Å². The van der Waals surface area contributed by atoms with Gasteiger partial charge in [-0.15, -0.1) is 0 Å².